The molecular weight excluding hydrogens is 399 g/mol. The molecule has 0 aliphatic heterocycles. The Morgan fingerprint density at radius 1 is 1.14 bits per heavy atom. The van der Waals surface area contributed by atoms with Crippen molar-refractivity contribution >= 4 is 60.5 Å². The molecule has 0 aromatic heterocycles. The molecule has 0 spiro atoms. The van der Waals surface area contributed by atoms with E-state index in [2.05, 4.69) is 20.7 Å². The molecule has 2 aromatic carbocycles. The van der Waals surface area contributed by atoms with Crippen LogP contribution in [0.3, 0.4) is 0 Å². The number of hydrogen-bond acceptors (Lipinski definition) is 3. The summed E-state index contributed by atoms with van der Waals surface area (Å²) in [5, 5.41) is 0.764. The fourth-order valence-corrected chi connectivity index (χ4v) is 3.69. The first kappa shape index (κ1) is 16.4. The van der Waals surface area contributed by atoms with Crippen LogP contribution >= 0.6 is 39.1 Å². The Balaban J connectivity index is 2.42. The van der Waals surface area contributed by atoms with Crippen LogP contribution in [0.4, 0.5) is 11.4 Å². The summed E-state index contributed by atoms with van der Waals surface area (Å²) in [6, 6.07) is 7.38. The molecule has 8 heteroatoms. The molecule has 0 fully saturated rings. The minimum absolute atomic E-state index is 0.0213. The van der Waals surface area contributed by atoms with Gasteiger partial charge in [-0.2, -0.15) is 0 Å². The topological polar surface area (TPSA) is 72.2 Å². The molecule has 2 aromatic rings. The largest absolute Gasteiger partial charge is 0.397 e. The molecule has 0 heterocycles. The van der Waals surface area contributed by atoms with Crippen molar-refractivity contribution in [1.82, 2.24) is 0 Å². The summed E-state index contributed by atoms with van der Waals surface area (Å²) >= 11 is 15.1. The Morgan fingerprint density at radius 3 is 2.43 bits per heavy atom. The fraction of sp³-hybridized carbons (Fsp3) is 0.0769. The standard InChI is InChI=1S/C13H11BrCl2N2O2S/c1-7-4-9(14)13(6-11(7)16)18-21(19,20)8-2-3-10(15)12(17)5-8/h2-6,18H,17H2,1H3. The lowest BCUT2D eigenvalue weighted by molar-refractivity contribution is 0.601. The third-order valence-electron chi connectivity index (χ3n) is 2.77. The molecule has 112 valence electrons. The Labute approximate surface area is 141 Å². The molecule has 0 aliphatic carbocycles. The highest BCUT2D eigenvalue weighted by Crippen LogP contribution is 2.31. The first-order valence-corrected chi connectivity index (χ1v) is 8.77. The number of anilines is 2. The van der Waals surface area contributed by atoms with E-state index < -0.39 is 10.0 Å². The molecule has 0 radical (unpaired) electrons. The monoisotopic (exact) mass is 408 g/mol. The molecule has 0 aliphatic rings. The highest BCUT2D eigenvalue weighted by Gasteiger charge is 2.17. The molecule has 0 saturated heterocycles. The number of sulfonamides is 1. The maximum atomic E-state index is 12.3. The van der Waals surface area contributed by atoms with Gasteiger partial charge < -0.3 is 5.73 Å². The third kappa shape index (κ3) is 3.63. The van der Waals surface area contributed by atoms with Crippen molar-refractivity contribution in [2.75, 3.05) is 10.5 Å². The summed E-state index contributed by atoms with van der Waals surface area (Å²) in [5.41, 5.74) is 7.01. The van der Waals surface area contributed by atoms with Gasteiger partial charge in [0.05, 0.1) is 21.3 Å². The van der Waals surface area contributed by atoms with E-state index >= 15 is 0 Å². The fourth-order valence-electron chi connectivity index (χ4n) is 1.62. The predicted octanol–water partition coefficient (Wildman–Crippen LogP) is 4.45. The van der Waals surface area contributed by atoms with Gasteiger partial charge in [0.1, 0.15) is 0 Å². The van der Waals surface area contributed by atoms with Gasteiger partial charge in [-0.05, 0) is 58.7 Å². The molecule has 0 unspecified atom stereocenters. The van der Waals surface area contributed by atoms with E-state index in [1.165, 1.54) is 24.3 Å². The van der Waals surface area contributed by atoms with E-state index in [1.54, 1.807) is 6.07 Å². The Kier molecular flexibility index (Phi) is 4.72. The molecule has 4 nitrogen and oxygen atoms in total. The number of nitrogens with two attached hydrogens (primary N) is 1. The summed E-state index contributed by atoms with van der Waals surface area (Å²) < 4.78 is 27.7. The highest BCUT2D eigenvalue weighted by atomic mass is 79.9. The molecular formula is C13H11BrCl2N2O2S. The van der Waals surface area contributed by atoms with Crippen molar-refractivity contribution in [3.8, 4) is 0 Å². The molecule has 2 rings (SSSR count). The lowest BCUT2D eigenvalue weighted by Crippen LogP contribution is -2.13. The molecule has 3 N–H and O–H groups in total. The second-order valence-corrected chi connectivity index (χ2v) is 7.72. The van der Waals surface area contributed by atoms with E-state index in [0.717, 1.165) is 5.56 Å². The van der Waals surface area contributed by atoms with Crippen LogP contribution in [0.1, 0.15) is 5.56 Å². The van der Waals surface area contributed by atoms with E-state index in [9.17, 15) is 8.42 Å². The number of nitrogen functional groups attached to an aromatic ring is 1. The third-order valence-corrected chi connectivity index (χ3v) is 5.54. The zero-order chi connectivity index (χ0) is 15.8. The van der Waals surface area contributed by atoms with Crippen molar-refractivity contribution in [3.63, 3.8) is 0 Å². The van der Waals surface area contributed by atoms with Gasteiger partial charge >= 0.3 is 0 Å². The zero-order valence-electron chi connectivity index (χ0n) is 10.8. The molecule has 0 amide bonds. The van der Waals surface area contributed by atoms with E-state index in [0.29, 0.717) is 20.2 Å². The zero-order valence-corrected chi connectivity index (χ0v) is 14.7. The van der Waals surface area contributed by atoms with Gasteiger partial charge in [0, 0.05) is 9.50 Å². The van der Waals surface area contributed by atoms with Gasteiger partial charge in [0.25, 0.3) is 10.0 Å². The van der Waals surface area contributed by atoms with Crippen LogP contribution < -0.4 is 10.5 Å². The number of nitrogens with one attached hydrogen (secondary N) is 1. The number of aryl methyl sites for hydroxylation is 1. The van der Waals surface area contributed by atoms with Gasteiger partial charge in [-0.1, -0.05) is 23.2 Å². The van der Waals surface area contributed by atoms with Crippen molar-refractivity contribution in [2.45, 2.75) is 11.8 Å². The van der Waals surface area contributed by atoms with Crippen LogP contribution in [-0.2, 0) is 10.0 Å². The molecule has 0 bridgehead atoms. The number of hydrogen-bond donors (Lipinski definition) is 2. The average Bonchev–Trinajstić information content (AvgIpc) is 2.39. The summed E-state index contributed by atoms with van der Waals surface area (Å²) in [6.07, 6.45) is 0. The maximum absolute atomic E-state index is 12.3. The van der Waals surface area contributed by atoms with Crippen LogP contribution in [0.2, 0.25) is 10.0 Å². The Morgan fingerprint density at radius 2 is 1.81 bits per heavy atom. The summed E-state index contributed by atoms with van der Waals surface area (Å²) in [6.45, 7) is 1.82. The van der Waals surface area contributed by atoms with Crippen LogP contribution in [0.15, 0.2) is 39.7 Å². The van der Waals surface area contributed by atoms with Crippen molar-refractivity contribution in [2.24, 2.45) is 0 Å². The number of benzene rings is 2. The van der Waals surface area contributed by atoms with E-state index in [-0.39, 0.29) is 10.6 Å². The van der Waals surface area contributed by atoms with Crippen molar-refractivity contribution in [1.29, 1.82) is 0 Å². The highest BCUT2D eigenvalue weighted by molar-refractivity contribution is 9.10. The minimum Gasteiger partial charge on any atom is -0.397 e. The smallest absolute Gasteiger partial charge is 0.262 e. The second-order valence-electron chi connectivity index (χ2n) is 4.37. The Hall–Kier alpha value is -0.950. The summed E-state index contributed by atoms with van der Waals surface area (Å²) in [4.78, 5) is 0.0213. The lowest BCUT2D eigenvalue weighted by atomic mass is 10.2. The van der Waals surface area contributed by atoms with Crippen LogP contribution in [-0.4, -0.2) is 8.42 Å². The average molecular weight is 410 g/mol. The molecule has 0 atom stereocenters. The summed E-state index contributed by atoms with van der Waals surface area (Å²) in [5.74, 6) is 0. The quantitative estimate of drug-likeness (QED) is 0.735. The van der Waals surface area contributed by atoms with Crippen LogP contribution in [0.25, 0.3) is 0 Å². The Bertz CT molecular complexity index is 810. The van der Waals surface area contributed by atoms with Crippen molar-refractivity contribution < 1.29 is 8.42 Å². The van der Waals surface area contributed by atoms with Gasteiger partial charge in [-0.15, -0.1) is 0 Å². The summed E-state index contributed by atoms with van der Waals surface area (Å²) in [7, 11) is -3.78. The van der Waals surface area contributed by atoms with Gasteiger partial charge in [0.2, 0.25) is 0 Å². The molecule has 0 saturated carbocycles. The normalized spacial score (nSPS) is 11.4. The first-order valence-electron chi connectivity index (χ1n) is 5.74. The lowest BCUT2D eigenvalue weighted by Gasteiger charge is -2.12. The van der Waals surface area contributed by atoms with Crippen LogP contribution in [0.5, 0.6) is 0 Å². The van der Waals surface area contributed by atoms with E-state index in [1.807, 2.05) is 6.92 Å². The number of rotatable bonds is 3. The number of halogens is 3. The van der Waals surface area contributed by atoms with Gasteiger partial charge in [-0.3, -0.25) is 4.72 Å². The first-order chi connectivity index (χ1) is 9.70. The maximum Gasteiger partial charge on any atom is 0.262 e. The van der Waals surface area contributed by atoms with Gasteiger partial charge in [0.15, 0.2) is 0 Å². The minimum atomic E-state index is -3.78. The van der Waals surface area contributed by atoms with Gasteiger partial charge in [-0.25, -0.2) is 8.42 Å². The van der Waals surface area contributed by atoms with Crippen LogP contribution in [0, 0.1) is 6.92 Å². The molecule has 21 heavy (non-hydrogen) atoms. The predicted molar refractivity (Wildman–Crippen MR) is 90.6 cm³/mol. The van der Waals surface area contributed by atoms with Crippen molar-refractivity contribution in [3.05, 3.63) is 50.4 Å². The SMILES string of the molecule is Cc1cc(Br)c(NS(=O)(=O)c2ccc(Cl)c(N)c2)cc1Cl. The second kappa shape index (κ2) is 6.04. The van der Waals surface area contributed by atoms with E-state index in [4.69, 9.17) is 28.9 Å².